The summed E-state index contributed by atoms with van der Waals surface area (Å²) in [5, 5.41) is 3.92. The molecule has 3 aromatic rings. The summed E-state index contributed by atoms with van der Waals surface area (Å²) in [6, 6.07) is 11.5. The Bertz CT molecular complexity index is 1130. The molecule has 0 radical (unpaired) electrons. The summed E-state index contributed by atoms with van der Waals surface area (Å²) >= 11 is 1.53. The molecule has 0 aliphatic carbocycles. The Hall–Kier alpha value is -3.26. The zero-order valence-corrected chi connectivity index (χ0v) is 19.4. The Morgan fingerprint density at radius 3 is 2.62 bits per heavy atom. The summed E-state index contributed by atoms with van der Waals surface area (Å²) in [5.41, 5.74) is 2.37. The Morgan fingerprint density at radius 1 is 1.09 bits per heavy atom. The van der Waals surface area contributed by atoms with E-state index in [9.17, 15) is 4.79 Å². The fourth-order valence-electron chi connectivity index (χ4n) is 3.41. The average Bonchev–Trinajstić information content (AvgIpc) is 3.45. The molecule has 0 saturated heterocycles. The van der Waals surface area contributed by atoms with E-state index in [1.165, 1.54) is 11.3 Å². The summed E-state index contributed by atoms with van der Waals surface area (Å²) in [6.45, 7) is 4.83. The third-order valence-electron chi connectivity index (χ3n) is 5.13. The van der Waals surface area contributed by atoms with Crippen molar-refractivity contribution in [1.82, 2.24) is 10.3 Å². The van der Waals surface area contributed by atoms with Crippen molar-refractivity contribution in [3.63, 3.8) is 0 Å². The first kappa shape index (κ1) is 22.0. The van der Waals surface area contributed by atoms with Gasteiger partial charge in [0.1, 0.15) is 5.69 Å². The lowest BCUT2D eigenvalue weighted by molar-refractivity contribution is 0.0950. The lowest BCUT2D eigenvalue weighted by Gasteiger charge is -2.10. The molecule has 2 heterocycles. The number of fused-ring (bicyclic) bond motifs is 1. The van der Waals surface area contributed by atoms with Gasteiger partial charge in [0, 0.05) is 12.5 Å². The van der Waals surface area contributed by atoms with E-state index in [0.717, 1.165) is 21.0 Å². The molecule has 1 N–H and O–H groups in total. The minimum atomic E-state index is -0.193. The van der Waals surface area contributed by atoms with Crippen LogP contribution in [0.3, 0.4) is 0 Å². The minimum Gasteiger partial charge on any atom is -0.493 e. The standard InChI is InChI=1S/C24H26N2O5S/c1-14(2)24-26-21(22(32-24)16-6-8-18-20(12-16)31-13-30-18)23(27)25-10-9-15-5-7-17(28-3)19(11-15)29-4/h5-8,11-12,14H,9-10,13H2,1-4H3,(H,25,27). The molecule has 0 atom stereocenters. The van der Waals surface area contributed by atoms with Gasteiger partial charge in [-0.05, 0) is 47.9 Å². The van der Waals surface area contributed by atoms with Crippen LogP contribution in [0.5, 0.6) is 23.0 Å². The molecule has 0 spiro atoms. The highest BCUT2D eigenvalue weighted by Crippen LogP contribution is 2.40. The molecule has 1 aliphatic rings. The van der Waals surface area contributed by atoms with Gasteiger partial charge in [-0.3, -0.25) is 4.79 Å². The molecule has 0 saturated carbocycles. The van der Waals surface area contributed by atoms with Crippen molar-refractivity contribution < 1.29 is 23.7 Å². The van der Waals surface area contributed by atoms with E-state index in [4.69, 9.17) is 18.9 Å². The number of hydrogen-bond acceptors (Lipinski definition) is 7. The van der Waals surface area contributed by atoms with E-state index in [2.05, 4.69) is 24.1 Å². The van der Waals surface area contributed by atoms with Crippen molar-refractivity contribution in [2.75, 3.05) is 27.6 Å². The van der Waals surface area contributed by atoms with E-state index in [1.54, 1.807) is 14.2 Å². The third kappa shape index (κ3) is 4.50. The molecule has 0 bridgehead atoms. The molecular formula is C24H26N2O5S. The van der Waals surface area contributed by atoms with Crippen LogP contribution in [0.2, 0.25) is 0 Å². The smallest absolute Gasteiger partial charge is 0.271 e. The summed E-state index contributed by atoms with van der Waals surface area (Å²) < 4.78 is 21.5. The Kier molecular flexibility index (Phi) is 6.50. The monoisotopic (exact) mass is 454 g/mol. The van der Waals surface area contributed by atoms with Gasteiger partial charge in [-0.15, -0.1) is 11.3 Å². The van der Waals surface area contributed by atoms with Gasteiger partial charge in [-0.2, -0.15) is 0 Å². The van der Waals surface area contributed by atoms with Crippen LogP contribution >= 0.6 is 11.3 Å². The summed E-state index contributed by atoms with van der Waals surface area (Å²) in [7, 11) is 3.21. The third-order valence-corrected chi connectivity index (χ3v) is 6.54. The predicted octanol–water partition coefficient (Wildman–Crippen LogP) is 4.65. The second-order valence-corrected chi connectivity index (χ2v) is 8.68. The second kappa shape index (κ2) is 9.48. The minimum absolute atomic E-state index is 0.193. The normalized spacial score (nSPS) is 12.2. The number of hydrogen-bond donors (Lipinski definition) is 1. The van der Waals surface area contributed by atoms with Crippen LogP contribution in [0.1, 0.15) is 40.8 Å². The SMILES string of the molecule is COc1ccc(CCNC(=O)c2nc(C(C)C)sc2-c2ccc3c(c2)OCO3)cc1OC. The van der Waals surface area contributed by atoms with E-state index in [1.807, 2.05) is 36.4 Å². The fraction of sp³-hybridized carbons (Fsp3) is 0.333. The first-order chi connectivity index (χ1) is 15.5. The number of aromatic nitrogens is 1. The molecular weight excluding hydrogens is 428 g/mol. The first-order valence-corrected chi connectivity index (χ1v) is 11.2. The van der Waals surface area contributed by atoms with Gasteiger partial charge in [-0.1, -0.05) is 19.9 Å². The first-order valence-electron chi connectivity index (χ1n) is 10.4. The van der Waals surface area contributed by atoms with Gasteiger partial charge < -0.3 is 24.3 Å². The number of carbonyl (C=O) groups excluding carboxylic acids is 1. The highest BCUT2D eigenvalue weighted by molar-refractivity contribution is 7.15. The molecule has 7 nitrogen and oxygen atoms in total. The van der Waals surface area contributed by atoms with E-state index in [-0.39, 0.29) is 18.6 Å². The molecule has 4 rings (SSSR count). The Labute approximate surface area is 191 Å². The fourth-order valence-corrected chi connectivity index (χ4v) is 4.47. The van der Waals surface area contributed by atoms with Crippen LogP contribution in [0.4, 0.5) is 0 Å². The Balaban J connectivity index is 1.51. The van der Waals surface area contributed by atoms with Gasteiger partial charge in [0.2, 0.25) is 6.79 Å². The summed E-state index contributed by atoms with van der Waals surface area (Å²) in [5.74, 6) is 2.77. The van der Waals surface area contributed by atoms with E-state index >= 15 is 0 Å². The van der Waals surface area contributed by atoms with Gasteiger partial charge in [0.05, 0.1) is 24.1 Å². The maximum atomic E-state index is 13.1. The van der Waals surface area contributed by atoms with Crippen LogP contribution in [-0.4, -0.2) is 38.4 Å². The molecule has 1 aliphatic heterocycles. The number of benzene rings is 2. The van der Waals surface area contributed by atoms with Crippen molar-refractivity contribution in [1.29, 1.82) is 0 Å². The number of carbonyl (C=O) groups is 1. The molecule has 32 heavy (non-hydrogen) atoms. The van der Waals surface area contributed by atoms with Crippen molar-refractivity contribution >= 4 is 17.2 Å². The van der Waals surface area contributed by atoms with Crippen LogP contribution < -0.4 is 24.3 Å². The molecule has 8 heteroatoms. The van der Waals surface area contributed by atoms with Crippen LogP contribution in [-0.2, 0) is 6.42 Å². The van der Waals surface area contributed by atoms with Gasteiger partial charge >= 0.3 is 0 Å². The molecule has 0 fully saturated rings. The van der Waals surface area contributed by atoms with Crippen LogP contribution in [0.15, 0.2) is 36.4 Å². The van der Waals surface area contributed by atoms with E-state index in [0.29, 0.717) is 41.7 Å². The molecule has 0 unspecified atom stereocenters. The number of ether oxygens (including phenoxy) is 4. The highest BCUT2D eigenvalue weighted by Gasteiger charge is 2.23. The van der Waals surface area contributed by atoms with Crippen molar-refractivity contribution in [2.24, 2.45) is 0 Å². The number of thiazole rings is 1. The zero-order chi connectivity index (χ0) is 22.7. The number of nitrogens with zero attached hydrogens (tertiary/aromatic N) is 1. The largest absolute Gasteiger partial charge is 0.493 e. The molecule has 168 valence electrons. The van der Waals surface area contributed by atoms with Crippen molar-refractivity contribution in [2.45, 2.75) is 26.2 Å². The number of amides is 1. The maximum Gasteiger partial charge on any atom is 0.271 e. The number of methoxy groups -OCH3 is 2. The van der Waals surface area contributed by atoms with Crippen molar-refractivity contribution in [3.05, 3.63) is 52.7 Å². The lowest BCUT2D eigenvalue weighted by Crippen LogP contribution is -2.26. The van der Waals surface area contributed by atoms with Crippen LogP contribution in [0, 0.1) is 0 Å². The van der Waals surface area contributed by atoms with Gasteiger partial charge in [-0.25, -0.2) is 4.98 Å². The van der Waals surface area contributed by atoms with E-state index < -0.39 is 0 Å². The topological polar surface area (TPSA) is 78.9 Å². The molecule has 1 aromatic heterocycles. The predicted molar refractivity (Wildman–Crippen MR) is 123 cm³/mol. The second-order valence-electron chi connectivity index (χ2n) is 7.65. The quantitative estimate of drug-likeness (QED) is 0.534. The summed E-state index contributed by atoms with van der Waals surface area (Å²) in [6.07, 6.45) is 0.659. The highest BCUT2D eigenvalue weighted by atomic mass is 32.1. The van der Waals surface area contributed by atoms with Gasteiger partial charge in [0.25, 0.3) is 5.91 Å². The number of nitrogens with one attached hydrogen (secondary N) is 1. The molecule has 1 amide bonds. The maximum absolute atomic E-state index is 13.1. The van der Waals surface area contributed by atoms with Crippen LogP contribution in [0.25, 0.3) is 10.4 Å². The average molecular weight is 455 g/mol. The molecule has 2 aromatic carbocycles. The van der Waals surface area contributed by atoms with Gasteiger partial charge in [0.15, 0.2) is 23.0 Å². The zero-order valence-electron chi connectivity index (χ0n) is 18.6. The Morgan fingerprint density at radius 2 is 1.88 bits per heavy atom. The van der Waals surface area contributed by atoms with Crippen molar-refractivity contribution in [3.8, 4) is 33.4 Å². The lowest BCUT2D eigenvalue weighted by atomic mass is 10.1. The number of rotatable bonds is 8. The summed E-state index contributed by atoms with van der Waals surface area (Å²) in [4.78, 5) is 18.5.